The van der Waals surface area contributed by atoms with Crippen LogP contribution < -0.4 is 9.62 Å². The summed E-state index contributed by atoms with van der Waals surface area (Å²) in [5, 5.41) is 3.11. The molecule has 2 amide bonds. The molecule has 7 nitrogen and oxygen atoms in total. The number of anilines is 1. The van der Waals surface area contributed by atoms with E-state index in [1.54, 1.807) is 37.3 Å². The highest BCUT2D eigenvalue weighted by Gasteiger charge is 2.34. The van der Waals surface area contributed by atoms with Gasteiger partial charge in [-0.05, 0) is 82.3 Å². The molecule has 3 aromatic rings. The van der Waals surface area contributed by atoms with Crippen LogP contribution in [-0.4, -0.2) is 43.8 Å². The van der Waals surface area contributed by atoms with Gasteiger partial charge in [-0.2, -0.15) is 0 Å². The molecule has 0 saturated heterocycles. The highest BCUT2D eigenvalue weighted by atomic mass is 32.2. The fourth-order valence-corrected chi connectivity index (χ4v) is 6.86. The summed E-state index contributed by atoms with van der Waals surface area (Å²) in [6.07, 6.45) is 4.01. The van der Waals surface area contributed by atoms with E-state index in [4.69, 9.17) is 0 Å². The maximum absolute atomic E-state index is 14.2. The molecule has 0 spiro atoms. The van der Waals surface area contributed by atoms with Gasteiger partial charge in [0.05, 0.1) is 10.6 Å². The Morgan fingerprint density at radius 2 is 1.51 bits per heavy atom. The van der Waals surface area contributed by atoms with Gasteiger partial charge >= 0.3 is 0 Å². The van der Waals surface area contributed by atoms with Crippen molar-refractivity contribution < 1.29 is 18.0 Å². The summed E-state index contributed by atoms with van der Waals surface area (Å²) in [7, 11) is -4.10. The maximum Gasteiger partial charge on any atom is 0.264 e. The van der Waals surface area contributed by atoms with Crippen molar-refractivity contribution in [2.45, 2.75) is 83.8 Å². The van der Waals surface area contributed by atoms with Crippen molar-refractivity contribution in [3.8, 4) is 0 Å². The lowest BCUT2D eigenvalue weighted by Gasteiger charge is -2.33. The third-order valence-electron chi connectivity index (χ3n) is 7.98. The molecule has 1 fully saturated rings. The third kappa shape index (κ3) is 7.17. The molecule has 41 heavy (non-hydrogen) atoms. The summed E-state index contributed by atoms with van der Waals surface area (Å²) in [6.45, 7) is 9.11. The molecule has 218 valence electrons. The van der Waals surface area contributed by atoms with Crippen molar-refractivity contribution in [3.63, 3.8) is 0 Å². The number of carbonyl (C=O) groups excluding carboxylic acids is 2. The van der Waals surface area contributed by atoms with Crippen molar-refractivity contribution in [1.82, 2.24) is 10.2 Å². The standard InChI is InChI=1S/C33H41N3O4S/c1-23-14-17-30(18-15-23)41(39,40)36(31-19-16-24(2)20-26(31)4)22-32(37)35(21-28-11-7-6-10-25(28)3)27(5)33(38)34-29-12-8-9-13-29/h6-7,10-11,14-20,27,29H,8-9,12-13,21-22H2,1-5H3,(H,34,38)/t27-/m0/s1. The minimum atomic E-state index is -4.10. The summed E-state index contributed by atoms with van der Waals surface area (Å²) < 4.78 is 29.3. The first kappa shape index (κ1) is 30.3. The number of sulfonamides is 1. The van der Waals surface area contributed by atoms with Crippen LogP contribution in [0.1, 0.15) is 60.4 Å². The summed E-state index contributed by atoms with van der Waals surface area (Å²) >= 11 is 0. The van der Waals surface area contributed by atoms with Crippen molar-refractivity contribution in [2.24, 2.45) is 0 Å². The van der Waals surface area contributed by atoms with E-state index in [2.05, 4.69) is 5.32 Å². The number of benzene rings is 3. The van der Waals surface area contributed by atoms with Gasteiger partial charge in [-0.15, -0.1) is 0 Å². The van der Waals surface area contributed by atoms with Crippen LogP contribution in [-0.2, 0) is 26.2 Å². The van der Waals surface area contributed by atoms with E-state index in [9.17, 15) is 18.0 Å². The van der Waals surface area contributed by atoms with Crippen LogP contribution >= 0.6 is 0 Å². The van der Waals surface area contributed by atoms with E-state index in [0.717, 1.165) is 53.5 Å². The van der Waals surface area contributed by atoms with Gasteiger partial charge in [0.25, 0.3) is 10.0 Å². The predicted molar refractivity (Wildman–Crippen MR) is 163 cm³/mol. The molecule has 1 saturated carbocycles. The molecule has 4 rings (SSSR count). The van der Waals surface area contributed by atoms with Gasteiger partial charge in [-0.25, -0.2) is 8.42 Å². The van der Waals surface area contributed by atoms with Gasteiger partial charge in [0, 0.05) is 12.6 Å². The van der Waals surface area contributed by atoms with E-state index in [0.29, 0.717) is 5.69 Å². The second-order valence-corrected chi connectivity index (χ2v) is 13.1. The Morgan fingerprint density at radius 1 is 0.878 bits per heavy atom. The molecule has 1 aliphatic rings. The zero-order valence-corrected chi connectivity index (χ0v) is 25.5. The van der Waals surface area contributed by atoms with E-state index in [1.807, 2.05) is 64.1 Å². The molecule has 0 aliphatic heterocycles. The zero-order valence-electron chi connectivity index (χ0n) is 24.7. The monoisotopic (exact) mass is 575 g/mol. The average molecular weight is 576 g/mol. The van der Waals surface area contributed by atoms with Crippen molar-refractivity contribution in [2.75, 3.05) is 10.8 Å². The zero-order chi connectivity index (χ0) is 29.7. The van der Waals surface area contributed by atoms with Gasteiger partial charge < -0.3 is 10.2 Å². The first-order valence-corrected chi connectivity index (χ1v) is 15.7. The number of amides is 2. The fraction of sp³-hybridized carbons (Fsp3) is 0.394. The Labute approximate surface area is 244 Å². The smallest absolute Gasteiger partial charge is 0.264 e. The van der Waals surface area contributed by atoms with Crippen LogP contribution in [0.3, 0.4) is 0 Å². The number of carbonyl (C=O) groups is 2. The Bertz CT molecular complexity index is 1500. The highest BCUT2D eigenvalue weighted by molar-refractivity contribution is 7.92. The molecule has 3 aromatic carbocycles. The Balaban J connectivity index is 1.72. The highest BCUT2D eigenvalue weighted by Crippen LogP contribution is 2.29. The van der Waals surface area contributed by atoms with Gasteiger partial charge in [0.1, 0.15) is 12.6 Å². The molecule has 0 heterocycles. The molecule has 0 unspecified atom stereocenters. The Kier molecular flexibility index (Phi) is 9.53. The first-order chi connectivity index (χ1) is 19.5. The Hall–Kier alpha value is -3.65. The number of hydrogen-bond donors (Lipinski definition) is 1. The molecular weight excluding hydrogens is 534 g/mol. The lowest BCUT2D eigenvalue weighted by molar-refractivity contribution is -0.139. The van der Waals surface area contributed by atoms with Crippen LogP contribution in [0.25, 0.3) is 0 Å². The summed E-state index contributed by atoms with van der Waals surface area (Å²) in [6, 6.07) is 19.1. The van der Waals surface area contributed by atoms with Gasteiger partial charge in [0.15, 0.2) is 0 Å². The number of aryl methyl sites for hydroxylation is 4. The van der Waals surface area contributed by atoms with E-state index < -0.39 is 28.5 Å². The second-order valence-electron chi connectivity index (χ2n) is 11.2. The van der Waals surface area contributed by atoms with Gasteiger partial charge in [-0.3, -0.25) is 13.9 Å². The van der Waals surface area contributed by atoms with Crippen LogP contribution in [0.5, 0.6) is 0 Å². The van der Waals surface area contributed by atoms with Gasteiger partial charge in [-0.1, -0.05) is 72.5 Å². The van der Waals surface area contributed by atoms with Crippen LogP contribution in [0.15, 0.2) is 71.6 Å². The first-order valence-electron chi connectivity index (χ1n) is 14.3. The third-order valence-corrected chi connectivity index (χ3v) is 9.75. The lowest BCUT2D eigenvalue weighted by Crippen LogP contribution is -2.52. The van der Waals surface area contributed by atoms with Crippen molar-refractivity contribution >= 4 is 27.5 Å². The fourth-order valence-electron chi connectivity index (χ4n) is 5.38. The number of nitrogens with zero attached hydrogens (tertiary/aromatic N) is 2. The SMILES string of the molecule is Cc1ccc(S(=O)(=O)N(CC(=O)N(Cc2ccccc2C)[C@@H](C)C(=O)NC2CCCC2)c2ccc(C)cc2C)cc1. The number of rotatable bonds is 10. The molecule has 0 radical (unpaired) electrons. The van der Waals surface area contributed by atoms with Crippen molar-refractivity contribution in [3.05, 3.63) is 94.5 Å². The molecule has 1 aliphatic carbocycles. The Morgan fingerprint density at radius 3 is 2.15 bits per heavy atom. The summed E-state index contributed by atoms with van der Waals surface area (Å²) in [5.41, 5.74) is 5.00. The summed E-state index contributed by atoms with van der Waals surface area (Å²) in [4.78, 5) is 29.2. The van der Waals surface area contributed by atoms with E-state index in [1.165, 1.54) is 9.21 Å². The quantitative estimate of drug-likeness (QED) is 0.341. The van der Waals surface area contributed by atoms with E-state index >= 15 is 0 Å². The number of hydrogen-bond acceptors (Lipinski definition) is 4. The normalized spacial score (nSPS) is 14.5. The number of nitrogens with one attached hydrogen (secondary N) is 1. The van der Waals surface area contributed by atoms with E-state index in [-0.39, 0.29) is 23.4 Å². The molecule has 0 bridgehead atoms. The molecule has 1 atom stereocenters. The van der Waals surface area contributed by atoms with Gasteiger partial charge in [0.2, 0.25) is 11.8 Å². The lowest BCUT2D eigenvalue weighted by atomic mass is 10.1. The van der Waals surface area contributed by atoms with Crippen LogP contribution in [0.4, 0.5) is 5.69 Å². The molecule has 8 heteroatoms. The largest absolute Gasteiger partial charge is 0.352 e. The minimum Gasteiger partial charge on any atom is -0.352 e. The van der Waals surface area contributed by atoms with Crippen LogP contribution in [0, 0.1) is 27.7 Å². The topological polar surface area (TPSA) is 86.8 Å². The maximum atomic E-state index is 14.2. The molecular formula is C33H41N3O4S. The van der Waals surface area contributed by atoms with Crippen molar-refractivity contribution in [1.29, 1.82) is 0 Å². The molecule has 1 N–H and O–H groups in total. The molecule has 0 aromatic heterocycles. The van der Waals surface area contributed by atoms with Crippen LogP contribution in [0.2, 0.25) is 0 Å². The summed E-state index contributed by atoms with van der Waals surface area (Å²) in [5.74, 6) is -0.670. The average Bonchev–Trinajstić information content (AvgIpc) is 3.44. The predicted octanol–water partition coefficient (Wildman–Crippen LogP) is 5.59. The minimum absolute atomic E-state index is 0.105. The second kappa shape index (κ2) is 12.9.